The summed E-state index contributed by atoms with van der Waals surface area (Å²) in [5, 5.41) is 11.0. The molecule has 8 nitrogen and oxygen atoms in total. The molecule has 0 radical (unpaired) electrons. The quantitative estimate of drug-likeness (QED) is 0.584. The number of benzene rings is 1. The number of rotatable bonds is 9. The topological polar surface area (TPSA) is 91.7 Å². The van der Waals surface area contributed by atoms with E-state index >= 15 is 0 Å². The van der Waals surface area contributed by atoms with E-state index in [1.807, 2.05) is 17.0 Å². The Hall–Kier alpha value is -2.61. The Balaban J connectivity index is 0.00000114. The minimum absolute atomic E-state index is 0.0162. The Bertz CT molecular complexity index is 751. The van der Waals surface area contributed by atoms with Crippen LogP contribution in [-0.4, -0.2) is 71.9 Å². The van der Waals surface area contributed by atoms with Gasteiger partial charge in [0, 0.05) is 32.6 Å². The molecule has 0 saturated carbocycles. The molecule has 0 bridgehead atoms. The number of likely N-dealkylation sites (tertiary alicyclic amines) is 1. The summed E-state index contributed by atoms with van der Waals surface area (Å²) >= 11 is 0. The van der Waals surface area contributed by atoms with Crippen LogP contribution in [0.15, 0.2) is 29.4 Å². The predicted molar refractivity (Wildman–Crippen MR) is 124 cm³/mol. The van der Waals surface area contributed by atoms with Gasteiger partial charge >= 0.3 is 0 Å². The van der Waals surface area contributed by atoms with Gasteiger partial charge in [0.05, 0.1) is 11.6 Å². The van der Waals surface area contributed by atoms with Gasteiger partial charge in [0.1, 0.15) is 12.4 Å². The fourth-order valence-electron chi connectivity index (χ4n) is 4.16. The number of hydrogen-bond acceptors (Lipinski definition) is 6. The van der Waals surface area contributed by atoms with Gasteiger partial charge in [0.2, 0.25) is 5.91 Å². The lowest BCUT2D eigenvalue weighted by atomic mass is 9.96. The highest BCUT2D eigenvalue weighted by molar-refractivity contribution is 5.85. The SMILES string of the molecule is CCC1=NOC(COc2cccc(CN3CCCC(C(=O)N(CC)CC)C3)c2)C1.O=CO. The van der Waals surface area contributed by atoms with Crippen LogP contribution in [0, 0.1) is 5.92 Å². The van der Waals surface area contributed by atoms with Crippen LogP contribution in [0.2, 0.25) is 0 Å². The average Bonchev–Trinajstić information content (AvgIpc) is 3.28. The maximum atomic E-state index is 12.7. The molecule has 1 amide bonds. The van der Waals surface area contributed by atoms with Gasteiger partial charge < -0.3 is 19.6 Å². The molecule has 2 atom stereocenters. The minimum Gasteiger partial charge on any atom is -0.490 e. The number of carboxylic acid groups (broad SMARTS) is 1. The summed E-state index contributed by atoms with van der Waals surface area (Å²) in [7, 11) is 0. The van der Waals surface area contributed by atoms with E-state index in [1.165, 1.54) is 5.56 Å². The first kappa shape index (κ1) is 25.6. The van der Waals surface area contributed by atoms with Gasteiger partial charge in [-0.1, -0.05) is 24.2 Å². The number of ether oxygens (including phenoxy) is 1. The third kappa shape index (κ3) is 7.82. The molecule has 1 saturated heterocycles. The summed E-state index contributed by atoms with van der Waals surface area (Å²) in [5.41, 5.74) is 2.32. The Morgan fingerprint density at radius 3 is 2.75 bits per heavy atom. The Morgan fingerprint density at radius 1 is 1.34 bits per heavy atom. The van der Waals surface area contributed by atoms with Crippen molar-refractivity contribution in [2.45, 2.75) is 59.1 Å². The van der Waals surface area contributed by atoms with E-state index in [4.69, 9.17) is 19.5 Å². The molecule has 1 fully saturated rings. The van der Waals surface area contributed by atoms with Crippen LogP contribution in [-0.2, 0) is 21.0 Å². The molecule has 8 heteroatoms. The van der Waals surface area contributed by atoms with Gasteiger partial charge in [-0.15, -0.1) is 0 Å². The number of nitrogens with zero attached hydrogens (tertiary/aromatic N) is 3. The van der Waals surface area contributed by atoms with E-state index < -0.39 is 0 Å². The molecule has 0 spiro atoms. The molecule has 1 aromatic rings. The van der Waals surface area contributed by atoms with Crippen molar-refractivity contribution in [2.75, 3.05) is 32.8 Å². The summed E-state index contributed by atoms with van der Waals surface area (Å²) in [6.45, 7) is 10.8. The third-order valence-corrected chi connectivity index (χ3v) is 5.87. The van der Waals surface area contributed by atoms with Crippen molar-refractivity contribution in [3.8, 4) is 5.75 Å². The molecule has 3 rings (SSSR count). The molecule has 1 aromatic carbocycles. The molecule has 0 aliphatic carbocycles. The fourth-order valence-corrected chi connectivity index (χ4v) is 4.16. The maximum Gasteiger partial charge on any atom is 0.290 e. The van der Waals surface area contributed by atoms with E-state index in [0.29, 0.717) is 12.5 Å². The number of hydrogen-bond donors (Lipinski definition) is 1. The second kappa shape index (κ2) is 13.7. The molecule has 32 heavy (non-hydrogen) atoms. The zero-order chi connectivity index (χ0) is 23.3. The molecular weight excluding hydrogens is 410 g/mol. The number of amides is 1. The third-order valence-electron chi connectivity index (χ3n) is 5.87. The first-order valence-corrected chi connectivity index (χ1v) is 11.6. The highest BCUT2D eigenvalue weighted by Crippen LogP contribution is 2.23. The normalized spacial score (nSPS) is 20.4. The summed E-state index contributed by atoms with van der Waals surface area (Å²) in [6.07, 6.45) is 3.87. The van der Waals surface area contributed by atoms with Gasteiger partial charge in [-0.25, -0.2) is 0 Å². The smallest absolute Gasteiger partial charge is 0.290 e. The summed E-state index contributed by atoms with van der Waals surface area (Å²) in [5.74, 6) is 1.29. The van der Waals surface area contributed by atoms with Crippen LogP contribution in [0.25, 0.3) is 0 Å². The molecule has 2 aliphatic heterocycles. The summed E-state index contributed by atoms with van der Waals surface area (Å²) in [4.78, 5) is 30.9. The van der Waals surface area contributed by atoms with Gasteiger partial charge in [0.15, 0.2) is 6.10 Å². The molecule has 2 aliphatic rings. The van der Waals surface area contributed by atoms with Gasteiger partial charge in [-0.05, 0) is 57.4 Å². The number of piperidine rings is 1. The summed E-state index contributed by atoms with van der Waals surface area (Å²) < 4.78 is 5.95. The van der Waals surface area contributed by atoms with E-state index in [0.717, 1.165) is 69.9 Å². The Labute approximate surface area is 191 Å². The minimum atomic E-state index is -0.250. The number of carbonyl (C=O) groups is 2. The van der Waals surface area contributed by atoms with E-state index in [9.17, 15) is 4.79 Å². The lowest BCUT2D eigenvalue weighted by Crippen LogP contribution is -2.44. The molecule has 178 valence electrons. The van der Waals surface area contributed by atoms with Crippen molar-refractivity contribution in [1.82, 2.24) is 9.80 Å². The number of oxime groups is 1. The first-order valence-electron chi connectivity index (χ1n) is 11.6. The van der Waals surface area contributed by atoms with Gasteiger partial charge in [-0.3, -0.25) is 14.5 Å². The Kier molecular flexibility index (Phi) is 11.0. The van der Waals surface area contributed by atoms with E-state index in [1.54, 1.807) is 0 Å². The van der Waals surface area contributed by atoms with Crippen LogP contribution in [0.3, 0.4) is 0 Å². The van der Waals surface area contributed by atoms with Gasteiger partial charge in [-0.2, -0.15) is 0 Å². The first-order chi connectivity index (χ1) is 15.5. The lowest BCUT2D eigenvalue weighted by molar-refractivity contribution is -0.137. The van der Waals surface area contributed by atoms with Crippen molar-refractivity contribution in [1.29, 1.82) is 0 Å². The van der Waals surface area contributed by atoms with E-state index in [-0.39, 0.29) is 18.5 Å². The average molecular weight is 448 g/mol. The fraction of sp³-hybridized carbons (Fsp3) is 0.625. The predicted octanol–water partition coefficient (Wildman–Crippen LogP) is 3.40. The second-order valence-electron chi connectivity index (χ2n) is 8.09. The van der Waals surface area contributed by atoms with Crippen molar-refractivity contribution < 1.29 is 24.3 Å². The van der Waals surface area contributed by atoms with Gasteiger partial charge in [0.25, 0.3) is 6.47 Å². The molecular formula is C24H37N3O5. The van der Waals surface area contributed by atoms with Crippen LogP contribution >= 0.6 is 0 Å². The second-order valence-corrected chi connectivity index (χ2v) is 8.09. The van der Waals surface area contributed by atoms with Crippen molar-refractivity contribution >= 4 is 18.1 Å². The highest BCUT2D eigenvalue weighted by atomic mass is 16.7. The van der Waals surface area contributed by atoms with Crippen LogP contribution in [0.4, 0.5) is 0 Å². The van der Waals surface area contributed by atoms with Crippen LogP contribution < -0.4 is 4.74 Å². The lowest BCUT2D eigenvalue weighted by Gasteiger charge is -2.34. The largest absolute Gasteiger partial charge is 0.490 e. The number of carbonyl (C=O) groups excluding carboxylic acids is 1. The van der Waals surface area contributed by atoms with E-state index in [2.05, 4.69) is 43.0 Å². The monoisotopic (exact) mass is 447 g/mol. The Morgan fingerprint density at radius 2 is 2.09 bits per heavy atom. The van der Waals surface area contributed by atoms with Crippen LogP contribution in [0.1, 0.15) is 52.0 Å². The summed E-state index contributed by atoms with van der Waals surface area (Å²) in [6, 6.07) is 8.26. The highest BCUT2D eigenvalue weighted by Gasteiger charge is 2.28. The van der Waals surface area contributed by atoms with Crippen molar-refractivity contribution in [3.05, 3.63) is 29.8 Å². The molecule has 0 aromatic heterocycles. The maximum absolute atomic E-state index is 12.7. The molecule has 2 heterocycles. The zero-order valence-electron chi connectivity index (χ0n) is 19.5. The van der Waals surface area contributed by atoms with Crippen molar-refractivity contribution in [2.24, 2.45) is 11.1 Å². The molecule has 2 unspecified atom stereocenters. The van der Waals surface area contributed by atoms with Crippen molar-refractivity contribution in [3.63, 3.8) is 0 Å². The van der Waals surface area contributed by atoms with Crippen LogP contribution in [0.5, 0.6) is 5.75 Å². The standard InChI is InChI=1S/C23H35N3O3.CH2O2/c1-4-20-14-22(29-24-20)17-28-21-11-7-9-18(13-21)15-25-12-8-10-19(16-25)23(27)26(5-2)6-3;2-1-3/h7,9,11,13,19,22H,4-6,8,10,12,14-17H2,1-3H3;1H,(H,2,3). The zero-order valence-corrected chi connectivity index (χ0v) is 19.5. The molecule has 1 N–H and O–H groups in total.